The highest BCUT2D eigenvalue weighted by Gasteiger charge is 2.17. The first-order valence-electron chi connectivity index (χ1n) is 10.2. The first kappa shape index (κ1) is 22.8. The van der Waals surface area contributed by atoms with Gasteiger partial charge in [-0.2, -0.15) is 0 Å². The summed E-state index contributed by atoms with van der Waals surface area (Å²) in [6, 6.07) is 14.4. The average molecular weight is 399 g/mol. The van der Waals surface area contributed by atoms with Crippen LogP contribution in [0.25, 0.3) is 0 Å². The van der Waals surface area contributed by atoms with Crippen molar-refractivity contribution in [1.29, 1.82) is 0 Å². The predicted octanol–water partition coefficient (Wildman–Crippen LogP) is 4.43. The van der Waals surface area contributed by atoms with E-state index in [1.807, 2.05) is 18.2 Å². The lowest BCUT2D eigenvalue weighted by molar-refractivity contribution is -0.120. The van der Waals surface area contributed by atoms with E-state index in [1.165, 1.54) is 11.1 Å². The lowest BCUT2D eigenvalue weighted by atomic mass is 9.93. The molecule has 2 N–H and O–H groups in total. The molecule has 0 spiro atoms. The molecule has 1 atom stereocenters. The van der Waals surface area contributed by atoms with Crippen molar-refractivity contribution in [2.45, 2.75) is 46.2 Å². The minimum absolute atomic E-state index is 0.0377. The van der Waals surface area contributed by atoms with Gasteiger partial charge in [-0.3, -0.25) is 4.79 Å². The maximum Gasteiger partial charge on any atom is 0.234 e. The molecule has 0 aliphatic carbocycles. The molecule has 2 rings (SSSR count). The van der Waals surface area contributed by atoms with Gasteiger partial charge >= 0.3 is 0 Å². The van der Waals surface area contributed by atoms with E-state index in [2.05, 4.69) is 62.6 Å². The smallest absolute Gasteiger partial charge is 0.234 e. The van der Waals surface area contributed by atoms with Crippen LogP contribution in [0.1, 0.15) is 56.3 Å². The van der Waals surface area contributed by atoms with Crippen molar-refractivity contribution < 1.29 is 14.3 Å². The molecule has 0 aliphatic heterocycles. The van der Waals surface area contributed by atoms with Crippen LogP contribution in [-0.4, -0.2) is 26.7 Å². The summed E-state index contributed by atoms with van der Waals surface area (Å²) in [6.45, 7) is 9.41. The van der Waals surface area contributed by atoms with Gasteiger partial charge in [-0.1, -0.05) is 58.0 Å². The molecule has 5 heteroatoms. The first-order chi connectivity index (χ1) is 13.8. The third-order valence-corrected chi connectivity index (χ3v) is 5.05. The van der Waals surface area contributed by atoms with Gasteiger partial charge in [-0.25, -0.2) is 0 Å². The van der Waals surface area contributed by atoms with Gasteiger partial charge in [-0.15, -0.1) is 0 Å². The Hall–Kier alpha value is -2.53. The Kier molecular flexibility index (Phi) is 8.52. The van der Waals surface area contributed by atoms with E-state index in [-0.39, 0.29) is 18.5 Å². The minimum Gasteiger partial charge on any atom is -0.493 e. The van der Waals surface area contributed by atoms with E-state index in [0.717, 1.165) is 5.56 Å². The average Bonchev–Trinajstić information content (AvgIpc) is 2.72. The Morgan fingerprint density at radius 1 is 0.897 bits per heavy atom. The first-order valence-corrected chi connectivity index (χ1v) is 10.2. The van der Waals surface area contributed by atoms with Crippen molar-refractivity contribution >= 4 is 5.91 Å². The molecule has 158 valence electrons. The SMILES string of the molecule is COc1ccc(CNC(=O)CN[C@H](c2ccc(C(C)C)cc2)C(C)C)cc1OC. The van der Waals surface area contributed by atoms with Crippen molar-refractivity contribution in [3.63, 3.8) is 0 Å². The number of carbonyl (C=O) groups is 1. The molecule has 0 radical (unpaired) electrons. The van der Waals surface area contributed by atoms with E-state index in [4.69, 9.17) is 9.47 Å². The van der Waals surface area contributed by atoms with Crippen molar-refractivity contribution in [1.82, 2.24) is 10.6 Å². The van der Waals surface area contributed by atoms with Gasteiger partial charge in [-0.05, 0) is 40.7 Å². The van der Waals surface area contributed by atoms with Gasteiger partial charge in [0.15, 0.2) is 11.5 Å². The minimum atomic E-state index is -0.0377. The highest BCUT2D eigenvalue weighted by molar-refractivity contribution is 5.78. The van der Waals surface area contributed by atoms with Crippen LogP contribution in [-0.2, 0) is 11.3 Å². The van der Waals surface area contributed by atoms with E-state index >= 15 is 0 Å². The monoisotopic (exact) mass is 398 g/mol. The van der Waals surface area contributed by atoms with Gasteiger partial charge in [0.25, 0.3) is 0 Å². The maximum atomic E-state index is 12.4. The molecule has 29 heavy (non-hydrogen) atoms. The Bertz CT molecular complexity index is 785. The lowest BCUT2D eigenvalue weighted by Gasteiger charge is -2.23. The van der Waals surface area contributed by atoms with Crippen LogP contribution >= 0.6 is 0 Å². The summed E-state index contributed by atoms with van der Waals surface area (Å²) in [5, 5.41) is 6.36. The molecule has 0 fully saturated rings. The van der Waals surface area contributed by atoms with Crippen LogP contribution in [0.3, 0.4) is 0 Å². The zero-order valence-corrected chi connectivity index (χ0v) is 18.4. The molecule has 0 aromatic heterocycles. The molecule has 0 saturated heterocycles. The topological polar surface area (TPSA) is 59.6 Å². The molecule has 0 saturated carbocycles. The number of hydrogen-bond acceptors (Lipinski definition) is 4. The predicted molar refractivity (Wildman–Crippen MR) is 118 cm³/mol. The zero-order chi connectivity index (χ0) is 21.4. The fraction of sp³-hybridized carbons (Fsp3) is 0.458. The molecular weight excluding hydrogens is 364 g/mol. The van der Waals surface area contributed by atoms with E-state index < -0.39 is 0 Å². The molecule has 1 amide bonds. The number of methoxy groups -OCH3 is 2. The lowest BCUT2D eigenvalue weighted by Crippen LogP contribution is -2.37. The van der Waals surface area contributed by atoms with Gasteiger partial charge < -0.3 is 20.1 Å². The highest BCUT2D eigenvalue weighted by Crippen LogP contribution is 2.27. The fourth-order valence-electron chi connectivity index (χ4n) is 3.28. The summed E-state index contributed by atoms with van der Waals surface area (Å²) in [4.78, 5) is 12.4. The van der Waals surface area contributed by atoms with Crippen LogP contribution in [0.15, 0.2) is 42.5 Å². The Morgan fingerprint density at radius 2 is 1.52 bits per heavy atom. The van der Waals surface area contributed by atoms with Crippen LogP contribution in [0.5, 0.6) is 11.5 Å². The summed E-state index contributed by atoms with van der Waals surface area (Å²) in [7, 11) is 3.20. The number of rotatable bonds is 10. The Morgan fingerprint density at radius 3 is 2.07 bits per heavy atom. The molecule has 2 aromatic rings. The van der Waals surface area contributed by atoms with Crippen molar-refractivity contribution in [3.05, 3.63) is 59.2 Å². The van der Waals surface area contributed by atoms with Gasteiger partial charge in [0, 0.05) is 12.6 Å². The molecule has 0 aliphatic rings. The number of benzene rings is 2. The summed E-state index contributed by atoms with van der Waals surface area (Å²) in [6.07, 6.45) is 0. The summed E-state index contributed by atoms with van der Waals surface area (Å²) in [5.74, 6) is 2.18. The Labute approximate surface area is 174 Å². The largest absolute Gasteiger partial charge is 0.493 e. The summed E-state index contributed by atoms with van der Waals surface area (Å²) in [5.41, 5.74) is 3.49. The Balaban J connectivity index is 1.92. The third-order valence-electron chi connectivity index (χ3n) is 5.05. The third kappa shape index (κ3) is 6.50. The van der Waals surface area contributed by atoms with E-state index in [9.17, 15) is 4.79 Å². The van der Waals surface area contributed by atoms with Crippen LogP contribution < -0.4 is 20.1 Å². The van der Waals surface area contributed by atoms with Gasteiger partial charge in [0.1, 0.15) is 0 Å². The van der Waals surface area contributed by atoms with Gasteiger partial charge in [0.05, 0.1) is 20.8 Å². The second-order valence-electron chi connectivity index (χ2n) is 7.89. The van der Waals surface area contributed by atoms with E-state index in [0.29, 0.717) is 29.9 Å². The van der Waals surface area contributed by atoms with Crippen LogP contribution in [0, 0.1) is 5.92 Å². The molecule has 0 unspecified atom stereocenters. The van der Waals surface area contributed by atoms with Crippen LogP contribution in [0.2, 0.25) is 0 Å². The number of nitrogens with one attached hydrogen (secondary N) is 2. The molecule has 0 bridgehead atoms. The highest BCUT2D eigenvalue weighted by atomic mass is 16.5. The van der Waals surface area contributed by atoms with Gasteiger partial charge in [0.2, 0.25) is 5.91 Å². The number of hydrogen-bond donors (Lipinski definition) is 2. The normalized spacial score (nSPS) is 12.1. The van der Waals surface area contributed by atoms with Crippen molar-refractivity contribution in [3.8, 4) is 11.5 Å². The van der Waals surface area contributed by atoms with Crippen LogP contribution in [0.4, 0.5) is 0 Å². The summed E-state index contributed by atoms with van der Waals surface area (Å²) < 4.78 is 10.6. The summed E-state index contributed by atoms with van der Waals surface area (Å²) >= 11 is 0. The zero-order valence-electron chi connectivity index (χ0n) is 18.4. The standard InChI is InChI=1S/C24H34N2O3/c1-16(2)19-8-10-20(11-9-19)24(17(3)4)26-15-23(27)25-14-18-7-12-21(28-5)22(13-18)29-6/h7-13,16-17,24,26H,14-15H2,1-6H3,(H,25,27)/t24-/m0/s1. The quantitative estimate of drug-likeness (QED) is 0.622. The second kappa shape index (κ2) is 10.9. The second-order valence-corrected chi connectivity index (χ2v) is 7.89. The fourth-order valence-corrected chi connectivity index (χ4v) is 3.28. The molecular formula is C24H34N2O3. The maximum absolute atomic E-state index is 12.4. The number of ether oxygens (including phenoxy) is 2. The van der Waals surface area contributed by atoms with Crippen molar-refractivity contribution in [2.24, 2.45) is 5.92 Å². The number of carbonyl (C=O) groups excluding carboxylic acids is 1. The van der Waals surface area contributed by atoms with E-state index in [1.54, 1.807) is 14.2 Å². The molecule has 0 heterocycles. The van der Waals surface area contributed by atoms with Crippen molar-refractivity contribution in [2.75, 3.05) is 20.8 Å². The number of amides is 1. The molecule has 5 nitrogen and oxygen atoms in total. The molecule has 2 aromatic carbocycles.